The number of hydrogen-bond donors (Lipinski definition) is 1. The molecule has 7 nitrogen and oxygen atoms in total. The van der Waals surface area contributed by atoms with Crippen molar-refractivity contribution in [2.75, 3.05) is 7.11 Å². The summed E-state index contributed by atoms with van der Waals surface area (Å²) in [7, 11) is 1.65. The number of ether oxygens (including phenoxy) is 1. The SMILES string of the molecule is COc1ccc(-c2oc(CCCCCc3nn[nH]n3)nc2-c2ccc(Cl)cc2)cc1. The van der Waals surface area contributed by atoms with Gasteiger partial charge in [0.1, 0.15) is 11.4 Å². The van der Waals surface area contributed by atoms with E-state index in [9.17, 15) is 0 Å². The molecule has 30 heavy (non-hydrogen) atoms. The Morgan fingerprint density at radius 3 is 2.37 bits per heavy atom. The fourth-order valence-electron chi connectivity index (χ4n) is 3.24. The average Bonchev–Trinajstić information content (AvgIpc) is 3.44. The second kappa shape index (κ2) is 9.54. The Kier molecular flexibility index (Phi) is 6.39. The molecule has 2 heterocycles. The van der Waals surface area contributed by atoms with Gasteiger partial charge < -0.3 is 9.15 Å². The maximum absolute atomic E-state index is 6.19. The van der Waals surface area contributed by atoms with Crippen LogP contribution < -0.4 is 4.74 Å². The van der Waals surface area contributed by atoms with Crippen LogP contribution in [0.2, 0.25) is 5.02 Å². The van der Waals surface area contributed by atoms with Crippen molar-refractivity contribution in [1.29, 1.82) is 0 Å². The standard InChI is InChI=1S/C22H22ClN5O2/c1-29-18-13-9-16(10-14-18)22-21(15-7-11-17(23)12-8-15)24-20(30-22)6-4-2-3-5-19-25-27-28-26-19/h7-14H,2-6H2,1H3,(H,25,26,27,28). The van der Waals surface area contributed by atoms with Gasteiger partial charge in [-0.05, 0) is 49.2 Å². The lowest BCUT2D eigenvalue weighted by Gasteiger charge is -2.03. The van der Waals surface area contributed by atoms with E-state index in [-0.39, 0.29) is 0 Å². The third-order valence-corrected chi connectivity index (χ3v) is 5.07. The first-order valence-electron chi connectivity index (χ1n) is 9.85. The Bertz CT molecular complexity index is 1060. The number of halogens is 1. The van der Waals surface area contributed by atoms with Crippen LogP contribution in [0.15, 0.2) is 52.9 Å². The van der Waals surface area contributed by atoms with Crippen LogP contribution in [-0.2, 0) is 12.8 Å². The van der Waals surface area contributed by atoms with E-state index in [4.69, 9.17) is 25.7 Å². The number of hydrogen-bond acceptors (Lipinski definition) is 6. The number of unbranched alkanes of at least 4 members (excludes halogenated alkanes) is 2. The summed E-state index contributed by atoms with van der Waals surface area (Å²) in [5, 5.41) is 14.7. The lowest BCUT2D eigenvalue weighted by atomic mass is 10.1. The number of aromatic nitrogens is 5. The first-order chi connectivity index (χ1) is 14.7. The minimum absolute atomic E-state index is 0.690. The third kappa shape index (κ3) is 4.86. The van der Waals surface area contributed by atoms with E-state index >= 15 is 0 Å². The zero-order valence-electron chi connectivity index (χ0n) is 16.6. The highest BCUT2D eigenvalue weighted by molar-refractivity contribution is 6.30. The quantitative estimate of drug-likeness (QED) is 0.375. The topological polar surface area (TPSA) is 89.7 Å². The van der Waals surface area contributed by atoms with Gasteiger partial charge in [0.25, 0.3) is 0 Å². The van der Waals surface area contributed by atoms with Crippen molar-refractivity contribution in [3.63, 3.8) is 0 Å². The number of rotatable bonds is 9. The van der Waals surface area contributed by atoms with Crippen molar-refractivity contribution < 1.29 is 9.15 Å². The van der Waals surface area contributed by atoms with Gasteiger partial charge in [-0.25, -0.2) is 4.98 Å². The highest BCUT2D eigenvalue weighted by Gasteiger charge is 2.17. The average molecular weight is 424 g/mol. The molecule has 0 aliphatic rings. The van der Waals surface area contributed by atoms with Crippen molar-refractivity contribution in [3.05, 3.63) is 65.3 Å². The largest absolute Gasteiger partial charge is 0.497 e. The van der Waals surface area contributed by atoms with Crippen molar-refractivity contribution in [2.24, 2.45) is 0 Å². The summed E-state index contributed by atoms with van der Waals surface area (Å²) >= 11 is 6.06. The first-order valence-corrected chi connectivity index (χ1v) is 10.2. The minimum Gasteiger partial charge on any atom is -0.497 e. The molecule has 1 N–H and O–H groups in total. The fraction of sp³-hybridized carbons (Fsp3) is 0.273. The Hall–Kier alpha value is -3.19. The van der Waals surface area contributed by atoms with Crippen LogP contribution in [0.4, 0.5) is 0 Å². The van der Waals surface area contributed by atoms with Crippen LogP contribution >= 0.6 is 11.6 Å². The molecule has 4 rings (SSSR count). The van der Waals surface area contributed by atoms with E-state index < -0.39 is 0 Å². The van der Waals surface area contributed by atoms with Gasteiger partial charge in [0.2, 0.25) is 0 Å². The van der Waals surface area contributed by atoms with Crippen LogP contribution in [0.25, 0.3) is 22.6 Å². The molecule has 4 aromatic rings. The third-order valence-electron chi connectivity index (χ3n) is 4.82. The molecule has 154 valence electrons. The molecule has 0 saturated carbocycles. The highest BCUT2D eigenvalue weighted by atomic mass is 35.5. The zero-order chi connectivity index (χ0) is 20.8. The summed E-state index contributed by atoms with van der Waals surface area (Å²) < 4.78 is 11.5. The highest BCUT2D eigenvalue weighted by Crippen LogP contribution is 2.34. The molecule has 0 saturated heterocycles. The normalized spacial score (nSPS) is 11.0. The monoisotopic (exact) mass is 423 g/mol. The number of tetrazole rings is 1. The van der Waals surface area contributed by atoms with Crippen LogP contribution in [0, 0.1) is 0 Å². The van der Waals surface area contributed by atoms with Gasteiger partial charge in [0.05, 0.1) is 7.11 Å². The Morgan fingerprint density at radius 1 is 0.933 bits per heavy atom. The smallest absolute Gasteiger partial charge is 0.195 e. The van der Waals surface area contributed by atoms with Crippen molar-refractivity contribution in [3.8, 4) is 28.3 Å². The van der Waals surface area contributed by atoms with Gasteiger partial charge in [-0.15, -0.1) is 10.2 Å². The minimum atomic E-state index is 0.690. The van der Waals surface area contributed by atoms with E-state index in [1.54, 1.807) is 7.11 Å². The number of methoxy groups -OCH3 is 1. The Balaban J connectivity index is 1.50. The number of nitrogens with zero attached hydrogens (tertiary/aromatic N) is 4. The van der Waals surface area contributed by atoms with E-state index in [0.717, 1.165) is 72.1 Å². The van der Waals surface area contributed by atoms with Gasteiger partial charge in [-0.3, -0.25) is 0 Å². The number of aryl methyl sites for hydroxylation is 2. The molecule has 0 aliphatic carbocycles. The van der Waals surface area contributed by atoms with E-state index in [1.165, 1.54) is 0 Å². The number of H-pyrrole nitrogens is 1. The molecule has 0 spiro atoms. The van der Waals surface area contributed by atoms with Gasteiger partial charge in [0.15, 0.2) is 17.5 Å². The number of nitrogens with one attached hydrogen (secondary N) is 1. The molecule has 8 heteroatoms. The van der Waals surface area contributed by atoms with Gasteiger partial charge in [-0.1, -0.05) is 35.4 Å². The van der Waals surface area contributed by atoms with Crippen molar-refractivity contribution >= 4 is 11.6 Å². The molecule has 0 radical (unpaired) electrons. The molecule has 2 aromatic carbocycles. The fourth-order valence-corrected chi connectivity index (χ4v) is 3.36. The summed E-state index contributed by atoms with van der Waals surface area (Å²) in [6.45, 7) is 0. The van der Waals surface area contributed by atoms with E-state index in [1.807, 2.05) is 48.5 Å². The van der Waals surface area contributed by atoms with Crippen LogP contribution in [0.5, 0.6) is 5.75 Å². The van der Waals surface area contributed by atoms with Crippen molar-refractivity contribution in [2.45, 2.75) is 32.1 Å². The molecule has 0 amide bonds. The van der Waals surface area contributed by atoms with Crippen LogP contribution in [-0.4, -0.2) is 32.7 Å². The van der Waals surface area contributed by atoms with Gasteiger partial charge in [0, 0.05) is 29.0 Å². The summed E-state index contributed by atoms with van der Waals surface area (Å²) in [6, 6.07) is 15.4. The molecular formula is C22H22ClN5O2. The maximum atomic E-state index is 6.19. The lowest BCUT2D eigenvalue weighted by molar-refractivity contribution is 0.415. The van der Waals surface area contributed by atoms with Gasteiger partial charge in [-0.2, -0.15) is 5.21 Å². The summed E-state index contributed by atoms with van der Waals surface area (Å²) in [5.41, 5.74) is 2.74. The number of oxazole rings is 1. The molecule has 0 fully saturated rings. The predicted molar refractivity (Wildman–Crippen MR) is 114 cm³/mol. The number of aromatic amines is 1. The Morgan fingerprint density at radius 2 is 1.67 bits per heavy atom. The van der Waals surface area contributed by atoms with E-state index in [2.05, 4.69) is 20.6 Å². The summed E-state index contributed by atoms with van der Waals surface area (Å²) in [6.07, 6.45) is 4.58. The van der Waals surface area contributed by atoms with Gasteiger partial charge >= 0.3 is 0 Å². The van der Waals surface area contributed by atoms with E-state index in [0.29, 0.717) is 5.02 Å². The lowest BCUT2D eigenvalue weighted by Crippen LogP contribution is -1.91. The maximum Gasteiger partial charge on any atom is 0.195 e. The molecule has 0 aliphatic heterocycles. The van der Waals surface area contributed by atoms with Crippen LogP contribution in [0.1, 0.15) is 31.0 Å². The predicted octanol–water partition coefficient (Wildman–Crippen LogP) is 5.14. The van der Waals surface area contributed by atoms with Crippen molar-refractivity contribution in [1.82, 2.24) is 25.6 Å². The summed E-state index contributed by atoms with van der Waals surface area (Å²) in [4.78, 5) is 4.80. The molecular weight excluding hydrogens is 402 g/mol. The molecule has 0 unspecified atom stereocenters. The number of benzene rings is 2. The zero-order valence-corrected chi connectivity index (χ0v) is 17.4. The molecule has 0 bridgehead atoms. The second-order valence-corrected chi connectivity index (χ2v) is 7.35. The van der Waals surface area contributed by atoms with Crippen LogP contribution in [0.3, 0.4) is 0 Å². The molecule has 2 aromatic heterocycles. The first kappa shape index (κ1) is 20.1. The second-order valence-electron chi connectivity index (χ2n) is 6.91. The summed E-state index contributed by atoms with van der Waals surface area (Å²) in [5.74, 6) is 3.03. The molecule has 0 atom stereocenters. The Labute approximate surface area is 179 Å².